The SMILES string of the molecule is NC(N)=c1cncc/c1=C(/N)c1ccc(C(F)(F)F)cc1O. The normalized spacial score (nSPS) is 12.9. The van der Waals surface area contributed by atoms with Crippen molar-refractivity contribution in [2.24, 2.45) is 17.2 Å². The lowest BCUT2D eigenvalue weighted by molar-refractivity contribution is -0.137. The molecule has 0 saturated heterocycles. The monoisotopic (exact) mass is 310 g/mol. The van der Waals surface area contributed by atoms with E-state index in [0.29, 0.717) is 16.5 Å². The molecular formula is C14H13F3N4O. The Morgan fingerprint density at radius 3 is 2.27 bits per heavy atom. The average molecular weight is 310 g/mol. The van der Waals surface area contributed by atoms with Crippen LogP contribution < -0.4 is 27.6 Å². The predicted molar refractivity (Wildman–Crippen MR) is 75.1 cm³/mol. The minimum Gasteiger partial charge on any atom is -0.507 e. The Hall–Kier alpha value is -2.90. The number of pyridine rings is 1. The first-order chi connectivity index (χ1) is 10.2. The molecule has 0 aliphatic rings. The van der Waals surface area contributed by atoms with E-state index in [9.17, 15) is 18.3 Å². The first-order valence-corrected chi connectivity index (χ1v) is 6.07. The molecule has 0 unspecified atom stereocenters. The Morgan fingerprint density at radius 2 is 1.73 bits per heavy atom. The molecule has 7 N–H and O–H groups in total. The summed E-state index contributed by atoms with van der Waals surface area (Å²) in [4.78, 5) is 3.85. The summed E-state index contributed by atoms with van der Waals surface area (Å²) in [7, 11) is 0. The Labute approximate surface area is 123 Å². The van der Waals surface area contributed by atoms with Crippen LogP contribution in [-0.4, -0.2) is 10.1 Å². The summed E-state index contributed by atoms with van der Waals surface area (Å²) in [5.41, 5.74) is 16.1. The smallest absolute Gasteiger partial charge is 0.416 e. The van der Waals surface area contributed by atoms with Gasteiger partial charge in [-0.25, -0.2) is 0 Å². The number of aromatic hydroxyl groups is 1. The zero-order valence-corrected chi connectivity index (χ0v) is 11.2. The summed E-state index contributed by atoms with van der Waals surface area (Å²) in [5.74, 6) is -0.636. The van der Waals surface area contributed by atoms with Gasteiger partial charge in [0, 0.05) is 28.4 Å². The van der Waals surface area contributed by atoms with E-state index >= 15 is 0 Å². The molecule has 8 heteroatoms. The van der Waals surface area contributed by atoms with Gasteiger partial charge in [-0.1, -0.05) is 0 Å². The third-order valence-electron chi connectivity index (χ3n) is 3.04. The highest BCUT2D eigenvalue weighted by Gasteiger charge is 2.31. The first-order valence-electron chi connectivity index (χ1n) is 6.07. The highest BCUT2D eigenvalue weighted by molar-refractivity contribution is 5.68. The number of halogens is 3. The van der Waals surface area contributed by atoms with Crippen LogP contribution in [0.3, 0.4) is 0 Å². The maximum atomic E-state index is 12.6. The van der Waals surface area contributed by atoms with Crippen LogP contribution in [0.5, 0.6) is 5.75 Å². The van der Waals surface area contributed by atoms with E-state index in [1.54, 1.807) is 0 Å². The molecule has 0 bridgehead atoms. The number of rotatable bonds is 1. The van der Waals surface area contributed by atoms with Gasteiger partial charge in [0.1, 0.15) is 11.6 Å². The molecular weight excluding hydrogens is 297 g/mol. The van der Waals surface area contributed by atoms with E-state index in [0.717, 1.165) is 12.1 Å². The van der Waals surface area contributed by atoms with Crippen LogP contribution >= 0.6 is 0 Å². The van der Waals surface area contributed by atoms with Crippen molar-refractivity contribution in [2.45, 2.75) is 6.18 Å². The lowest BCUT2D eigenvalue weighted by Gasteiger charge is -2.10. The summed E-state index contributed by atoms with van der Waals surface area (Å²) in [6.07, 6.45) is -1.75. The molecule has 0 aliphatic carbocycles. The first kappa shape index (κ1) is 15.5. The third kappa shape index (κ3) is 2.90. The second kappa shape index (κ2) is 5.47. The predicted octanol–water partition coefficient (Wildman–Crippen LogP) is -0.0957. The summed E-state index contributed by atoms with van der Waals surface area (Å²) in [5, 5.41) is 10.5. The molecule has 1 aromatic carbocycles. The number of phenols is 1. The second-order valence-corrected chi connectivity index (χ2v) is 4.52. The number of benzene rings is 1. The Balaban J connectivity index is 2.73. The second-order valence-electron chi connectivity index (χ2n) is 4.52. The third-order valence-corrected chi connectivity index (χ3v) is 3.04. The number of hydrogen-bond acceptors (Lipinski definition) is 5. The molecule has 2 rings (SSSR count). The maximum Gasteiger partial charge on any atom is 0.416 e. The van der Waals surface area contributed by atoms with Gasteiger partial charge in [-0.3, -0.25) is 4.98 Å². The van der Waals surface area contributed by atoms with Gasteiger partial charge in [0.2, 0.25) is 0 Å². The van der Waals surface area contributed by atoms with Gasteiger partial charge < -0.3 is 22.3 Å². The van der Waals surface area contributed by atoms with E-state index in [1.165, 1.54) is 18.5 Å². The molecule has 5 nitrogen and oxygen atoms in total. The Kier molecular flexibility index (Phi) is 3.85. The lowest BCUT2D eigenvalue weighted by atomic mass is 10.1. The molecule has 0 aliphatic heterocycles. The molecule has 1 heterocycles. The van der Waals surface area contributed by atoms with Crippen molar-refractivity contribution in [1.29, 1.82) is 0 Å². The van der Waals surface area contributed by atoms with Gasteiger partial charge in [0.25, 0.3) is 0 Å². The van der Waals surface area contributed by atoms with Crippen molar-refractivity contribution >= 4 is 11.5 Å². The van der Waals surface area contributed by atoms with Crippen LogP contribution in [0.4, 0.5) is 13.2 Å². The largest absolute Gasteiger partial charge is 0.507 e. The number of hydrogen-bond donors (Lipinski definition) is 4. The highest BCUT2D eigenvalue weighted by Crippen LogP contribution is 2.33. The van der Waals surface area contributed by atoms with Crippen LogP contribution in [0.2, 0.25) is 0 Å². The number of aromatic nitrogens is 1. The molecule has 2 aromatic rings. The van der Waals surface area contributed by atoms with Gasteiger partial charge in [-0.2, -0.15) is 13.2 Å². The Morgan fingerprint density at radius 1 is 1.05 bits per heavy atom. The highest BCUT2D eigenvalue weighted by atomic mass is 19.4. The van der Waals surface area contributed by atoms with E-state index < -0.39 is 17.5 Å². The molecule has 0 atom stereocenters. The molecule has 116 valence electrons. The number of nitrogens with two attached hydrogens (primary N) is 3. The van der Waals surface area contributed by atoms with E-state index in [-0.39, 0.29) is 17.1 Å². The van der Waals surface area contributed by atoms with Crippen molar-refractivity contribution in [3.8, 4) is 5.75 Å². The van der Waals surface area contributed by atoms with Gasteiger partial charge in [-0.05, 0) is 24.3 Å². The van der Waals surface area contributed by atoms with Crippen molar-refractivity contribution in [2.75, 3.05) is 0 Å². The standard InChI is InChI=1S/C14H13F3N4O/c15-14(16,17)7-1-2-9(11(22)5-7)12(18)8-3-4-21-6-10(8)13(19)20/h1-6,22H,18-20H2/b12-8-. The topological polar surface area (TPSA) is 111 Å². The summed E-state index contributed by atoms with van der Waals surface area (Å²) in [6.45, 7) is 0. The fourth-order valence-electron chi connectivity index (χ4n) is 1.94. The molecule has 0 spiro atoms. The van der Waals surface area contributed by atoms with E-state index in [1.807, 2.05) is 0 Å². The zero-order valence-electron chi connectivity index (χ0n) is 11.2. The summed E-state index contributed by atoms with van der Waals surface area (Å²) >= 11 is 0. The van der Waals surface area contributed by atoms with Crippen LogP contribution in [0, 0.1) is 0 Å². The average Bonchev–Trinajstić information content (AvgIpc) is 2.45. The van der Waals surface area contributed by atoms with Crippen molar-refractivity contribution in [3.05, 3.63) is 58.2 Å². The van der Waals surface area contributed by atoms with Crippen LogP contribution in [0.1, 0.15) is 11.1 Å². The van der Waals surface area contributed by atoms with Crippen molar-refractivity contribution in [1.82, 2.24) is 4.98 Å². The number of alkyl halides is 3. The molecule has 0 saturated carbocycles. The zero-order chi connectivity index (χ0) is 16.5. The Bertz CT molecular complexity index is 827. The van der Waals surface area contributed by atoms with Crippen LogP contribution in [-0.2, 0) is 6.18 Å². The lowest BCUT2D eigenvalue weighted by Crippen LogP contribution is -2.36. The summed E-state index contributed by atoms with van der Waals surface area (Å²) in [6, 6.07) is 4.03. The van der Waals surface area contributed by atoms with Crippen LogP contribution in [0.15, 0.2) is 36.7 Å². The quantitative estimate of drug-likeness (QED) is 0.588. The number of nitrogens with zero attached hydrogens (tertiary/aromatic N) is 1. The molecule has 0 radical (unpaired) electrons. The van der Waals surface area contributed by atoms with E-state index in [4.69, 9.17) is 17.2 Å². The van der Waals surface area contributed by atoms with E-state index in [2.05, 4.69) is 4.98 Å². The number of phenolic OH excluding ortho intramolecular Hbond substituents is 1. The summed E-state index contributed by atoms with van der Waals surface area (Å²) < 4.78 is 37.8. The van der Waals surface area contributed by atoms with Gasteiger partial charge in [0.15, 0.2) is 0 Å². The molecule has 0 fully saturated rings. The van der Waals surface area contributed by atoms with Gasteiger partial charge in [0.05, 0.1) is 11.3 Å². The maximum absolute atomic E-state index is 12.6. The fraction of sp³-hybridized carbons (Fsp3) is 0.0714. The molecule has 1 aromatic heterocycles. The fourth-order valence-corrected chi connectivity index (χ4v) is 1.94. The van der Waals surface area contributed by atoms with Gasteiger partial charge >= 0.3 is 6.18 Å². The minimum absolute atomic E-state index is 0.0389. The molecule has 22 heavy (non-hydrogen) atoms. The van der Waals surface area contributed by atoms with Gasteiger partial charge in [-0.15, -0.1) is 0 Å². The molecule has 0 amide bonds. The van der Waals surface area contributed by atoms with Crippen LogP contribution in [0.25, 0.3) is 11.5 Å². The van der Waals surface area contributed by atoms with Crippen molar-refractivity contribution in [3.63, 3.8) is 0 Å². The minimum atomic E-state index is -4.55. The van der Waals surface area contributed by atoms with Crippen molar-refractivity contribution < 1.29 is 18.3 Å².